The second kappa shape index (κ2) is 7.96. The highest BCUT2D eigenvalue weighted by Gasteiger charge is 2.27. The number of thiazole rings is 1. The monoisotopic (exact) mass is 397 g/mol. The van der Waals surface area contributed by atoms with Crippen LogP contribution in [-0.2, 0) is 4.79 Å². The van der Waals surface area contributed by atoms with Crippen LogP contribution in [0.2, 0.25) is 0 Å². The van der Waals surface area contributed by atoms with Gasteiger partial charge in [0, 0.05) is 0 Å². The van der Waals surface area contributed by atoms with Crippen LogP contribution in [0, 0.1) is 0 Å². The van der Waals surface area contributed by atoms with Crippen molar-refractivity contribution < 1.29 is 18.0 Å². The lowest BCUT2D eigenvalue weighted by atomic mass is 10.2. The number of carbonyl (C=O) groups excluding carboxylic acids is 1. The van der Waals surface area contributed by atoms with Gasteiger partial charge in [-0.1, -0.05) is 36.0 Å². The number of carbonyl (C=O) groups is 1. The standard InChI is InChI=1S/C17H14F3N3OS2/c18-17(19,20)10-21-11-5-1-2-6-12(11)22-15(24)9-25-16-23-13-7-3-4-8-14(13)26-16/h1-8,21H,9-10H2,(H,22,24). The summed E-state index contributed by atoms with van der Waals surface area (Å²) in [6.45, 7) is -1.17. The predicted molar refractivity (Wildman–Crippen MR) is 100.0 cm³/mol. The number of thioether (sulfide) groups is 1. The van der Waals surface area contributed by atoms with E-state index in [1.165, 1.54) is 29.2 Å². The van der Waals surface area contributed by atoms with Gasteiger partial charge in [0.2, 0.25) is 5.91 Å². The maximum absolute atomic E-state index is 12.4. The number of alkyl halides is 3. The minimum absolute atomic E-state index is 0.118. The van der Waals surface area contributed by atoms with Crippen LogP contribution in [0.25, 0.3) is 10.2 Å². The Morgan fingerprint density at radius 1 is 1.08 bits per heavy atom. The minimum Gasteiger partial charge on any atom is -0.375 e. The summed E-state index contributed by atoms with van der Waals surface area (Å²) in [4.78, 5) is 16.6. The van der Waals surface area contributed by atoms with E-state index in [4.69, 9.17) is 0 Å². The van der Waals surface area contributed by atoms with Crippen LogP contribution >= 0.6 is 23.1 Å². The van der Waals surface area contributed by atoms with Gasteiger partial charge in [-0.25, -0.2) is 4.98 Å². The number of halogens is 3. The fourth-order valence-electron chi connectivity index (χ4n) is 2.17. The summed E-state index contributed by atoms with van der Waals surface area (Å²) in [6, 6.07) is 14.0. The quantitative estimate of drug-likeness (QED) is 0.575. The molecule has 1 amide bonds. The van der Waals surface area contributed by atoms with Gasteiger partial charge in [-0.15, -0.1) is 11.3 Å². The first-order chi connectivity index (χ1) is 12.4. The molecule has 26 heavy (non-hydrogen) atoms. The predicted octanol–water partition coefficient (Wildman–Crippen LogP) is 5.00. The van der Waals surface area contributed by atoms with E-state index in [2.05, 4.69) is 15.6 Å². The molecule has 0 bridgehead atoms. The highest BCUT2D eigenvalue weighted by molar-refractivity contribution is 8.01. The third-order valence-electron chi connectivity index (χ3n) is 3.28. The van der Waals surface area contributed by atoms with Gasteiger partial charge in [0.1, 0.15) is 6.54 Å². The van der Waals surface area contributed by atoms with Crippen molar-refractivity contribution in [3.8, 4) is 0 Å². The van der Waals surface area contributed by atoms with Crippen LogP contribution in [0.15, 0.2) is 52.9 Å². The summed E-state index contributed by atoms with van der Waals surface area (Å²) in [6.07, 6.45) is -4.33. The van der Waals surface area contributed by atoms with E-state index in [9.17, 15) is 18.0 Å². The van der Waals surface area contributed by atoms with Crippen molar-refractivity contribution in [3.63, 3.8) is 0 Å². The molecule has 0 fully saturated rings. The number of fused-ring (bicyclic) bond motifs is 1. The van der Waals surface area contributed by atoms with E-state index in [-0.39, 0.29) is 17.3 Å². The van der Waals surface area contributed by atoms with Crippen molar-refractivity contribution in [2.24, 2.45) is 0 Å². The molecule has 0 unspecified atom stereocenters. The molecule has 9 heteroatoms. The van der Waals surface area contributed by atoms with Crippen LogP contribution in [-0.4, -0.2) is 29.4 Å². The molecule has 1 aromatic heterocycles. The van der Waals surface area contributed by atoms with Gasteiger partial charge in [0.25, 0.3) is 0 Å². The molecule has 0 spiro atoms. The highest BCUT2D eigenvalue weighted by atomic mass is 32.2. The Bertz CT molecular complexity index is 878. The van der Waals surface area contributed by atoms with Crippen molar-refractivity contribution in [1.29, 1.82) is 0 Å². The fourth-order valence-corrected chi connectivity index (χ4v) is 4.04. The Balaban J connectivity index is 1.59. The van der Waals surface area contributed by atoms with Gasteiger partial charge in [-0.05, 0) is 24.3 Å². The van der Waals surface area contributed by atoms with Crippen molar-refractivity contribution in [1.82, 2.24) is 4.98 Å². The Kier molecular flexibility index (Phi) is 5.67. The van der Waals surface area contributed by atoms with Crippen LogP contribution in [0.3, 0.4) is 0 Å². The number of rotatable bonds is 6. The molecule has 0 aliphatic carbocycles. The van der Waals surface area contributed by atoms with Crippen molar-refractivity contribution >= 4 is 50.6 Å². The van der Waals surface area contributed by atoms with E-state index in [1.807, 2.05) is 24.3 Å². The Hall–Kier alpha value is -2.26. The van der Waals surface area contributed by atoms with Crippen molar-refractivity contribution in [2.75, 3.05) is 22.9 Å². The summed E-state index contributed by atoms with van der Waals surface area (Å²) < 4.78 is 38.9. The van der Waals surface area contributed by atoms with Crippen LogP contribution < -0.4 is 10.6 Å². The maximum Gasteiger partial charge on any atom is 0.405 e. The van der Waals surface area contributed by atoms with Gasteiger partial charge >= 0.3 is 6.18 Å². The van der Waals surface area contributed by atoms with E-state index >= 15 is 0 Å². The molecule has 3 rings (SSSR count). The Labute approximate surface area is 155 Å². The first-order valence-corrected chi connectivity index (χ1v) is 9.39. The lowest BCUT2D eigenvalue weighted by molar-refractivity contribution is -0.115. The van der Waals surface area contributed by atoms with Gasteiger partial charge in [-0.3, -0.25) is 4.79 Å². The number of nitrogens with zero attached hydrogens (tertiary/aromatic N) is 1. The number of hydrogen-bond donors (Lipinski definition) is 2. The normalized spacial score (nSPS) is 11.5. The molecule has 2 N–H and O–H groups in total. The molecule has 0 saturated heterocycles. The zero-order valence-corrected chi connectivity index (χ0v) is 15.0. The van der Waals surface area contributed by atoms with Gasteiger partial charge < -0.3 is 10.6 Å². The average Bonchev–Trinajstić information content (AvgIpc) is 3.01. The molecule has 1 heterocycles. The Morgan fingerprint density at radius 3 is 2.50 bits per heavy atom. The molecule has 0 atom stereocenters. The lowest BCUT2D eigenvalue weighted by Crippen LogP contribution is -2.22. The molecule has 0 aliphatic rings. The Morgan fingerprint density at radius 2 is 1.77 bits per heavy atom. The third-order valence-corrected chi connectivity index (χ3v) is 5.46. The van der Waals surface area contributed by atoms with Crippen molar-refractivity contribution in [3.05, 3.63) is 48.5 Å². The topological polar surface area (TPSA) is 54.0 Å². The second-order valence-corrected chi connectivity index (χ2v) is 7.55. The van der Waals surface area contributed by atoms with Gasteiger partial charge in [0.05, 0.1) is 27.3 Å². The van der Waals surface area contributed by atoms with Crippen LogP contribution in [0.5, 0.6) is 0 Å². The molecule has 2 aromatic carbocycles. The second-order valence-electron chi connectivity index (χ2n) is 5.30. The lowest BCUT2D eigenvalue weighted by Gasteiger charge is -2.14. The number of nitrogens with one attached hydrogen (secondary N) is 2. The summed E-state index contributed by atoms with van der Waals surface area (Å²) in [5.41, 5.74) is 1.41. The van der Waals surface area contributed by atoms with E-state index in [0.717, 1.165) is 14.6 Å². The van der Waals surface area contributed by atoms with E-state index in [1.54, 1.807) is 18.2 Å². The minimum atomic E-state index is -4.33. The summed E-state index contributed by atoms with van der Waals surface area (Å²) in [5.74, 6) is -0.191. The zero-order valence-electron chi connectivity index (χ0n) is 13.3. The van der Waals surface area contributed by atoms with Crippen LogP contribution in [0.1, 0.15) is 0 Å². The number of hydrogen-bond acceptors (Lipinski definition) is 5. The first kappa shape index (κ1) is 18.5. The molecule has 4 nitrogen and oxygen atoms in total. The molecule has 3 aromatic rings. The number of amides is 1. The van der Waals surface area contributed by atoms with E-state index < -0.39 is 12.7 Å². The average molecular weight is 397 g/mol. The van der Waals surface area contributed by atoms with Gasteiger partial charge in [-0.2, -0.15) is 13.2 Å². The molecule has 0 aliphatic heterocycles. The van der Waals surface area contributed by atoms with E-state index in [0.29, 0.717) is 5.69 Å². The van der Waals surface area contributed by atoms with Crippen LogP contribution in [0.4, 0.5) is 24.5 Å². The highest BCUT2D eigenvalue weighted by Crippen LogP contribution is 2.29. The molecule has 0 saturated carbocycles. The number of benzene rings is 2. The van der Waals surface area contributed by atoms with Gasteiger partial charge in [0.15, 0.2) is 4.34 Å². The molecule has 136 valence electrons. The number of aromatic nitrogens is 1. The maximum atomic E-state index is 12.4. The molecular weight excluding hydrogens is 383 g/mol. The molecule has 0 radical (unpaired) electrons. The zero-order chi connectivity index (χ0) is 18.6. The third kappa shape index (κ3) is 5.12. The number of anilines is 2. The largest absolute Gasteiger partial charge is 0.405 e. The summed E-state index contributed by atoms with van der Waals surface area (Å²) >= 11 is 2.79. The van der Waals surface area contributed by atoms with Crippen molar-refractivity contribution in [2.45, 2.75) is 10.5 Å². The first-order valence-electron chi connectivity index (χ1n) is 7.58. The fraction of sp³-hybridized carbons (Fsp3) is 0.176. The SMILES string of the molecule is O=C(CSc1nc2ccccc2s1)Nc1ccccc1NCC(F)(F)F. The number of para-hydroxylation sites is 3. The smallest absolute Gasteiger partial charge is 0.375 e. The summed E-state index contributed by atoms with van der Waals surface area (Å²) in [5, 5.41) is 4.93. The molecular formula is C17H14F3N3OS2. The summed E-state index contributed by atoms with van der Waals surface area (Å²) in [7, 11) is 0.